The van der Waals surface area contributed by atoms with Crippen LogP contribution in [-0.4, -0.2) is 29.3 Å². The van der Waals surface area contributed by atoms with Gasteiger partial charge in [0, 0.05) is 32.5 Å². The highest BCUT2D eigenvalue weighted by molar-refractivity contribution is 14.0. The van der Waals surface area contributed by atoms with E-state index in [0.717, 1.165) is 32.0 Å². The third kappa shape index (κ3) is 5.67. The van der Waals surface area contributed by atoms with Crippen LogP contribution in [0, 0.1) is 0 Å². The number of aryl methyl sites for hydroxylation is 1. The fourth-order valence-corrected chi connectivity index (χ4v) is 2.20. The zero-order valence-corrected chi connectivity index (χ0v) is 15.5. The molecule has 0 aliphatic heterocycles. The highest BCUT2D eigenvalue weighted by atomic mass is 127. The standard InChI is InChI=1S/C16H23N5.HI/c1-3-14-7-4-5-8-15(14)13-19-16(17-2)18-10-12-21-11-6-9-20-21;/h4-9,11H,3,10,12-13H2,1-2H3,(H2,17,18,19);1H. The first kappa shape index (κ1) is 18.5. The van der Waals surface area contributed by atoms with Crippen LogP contribution in [0.4, 0.5) is 0 Å². The zero-order chi connectivity index (χ0) is 14.9. The van der Waals surface area contributed by atoms with E-state index in [1.54, 1.807) is 13.2 Å². The molecule has 1 aromatic carbocycles. The fourth-order valence-electron chi connectivity index (χ4n) is 2.20. The predicted molar refractivity (Wildman–Crippen MR) is 102 cm³/mol. The smallest absolute Gasteiger partial charge is 0.191 e. The first-order valence-corrected chi connectivity index (χ1v) is 7.32. The number of nitrogens with one attached hydrogen (secondary N) is 2. The molecule has 2 rings (SSSR count). The average molecular weight is 413 g/mol. The summed E-state index contributed by atoms with van der Waals surface area (Å²) < 4.78 is 1.90. The van der Waals surface area contributed by atoms with Crippen molar-refractivity contribution in [3.05, 3.63) is 53.9 Å². The second kappa shape index (κ2) is 10.2. The van der Waals surface area contributed by atoms with Crippen molar-refractivity contribution >= 4 is 29.9 Å². The van der Waals surface area contributed by atoms with Gasteiger partial charge < -0.3 is 10.6 Å². The molecule has 2 aromatic rings. The lowest BCUT2D eigenvalue weighted by Crippen LogP contribution is -2.38. The minimum absolute atomic E-state index is 0. The molecular weight excluding hydrogens is 389 g/mol. The van der Waals surface area contributed by atoms with E-state index < -0.39 is 0 Å². The number of benzene rings is 1. The molecule has 0 spiro atoms. The van der Waals surface area contributed by atoms with Crippen LogP contribution in [0.3, 0.4) is 0 Å². The molecule has 0 aliphatic carbocycles. The van der Waals surface area contributed by atoms with E-state index in [-0.39, 0.29) is 24.0 Å². The molecule has 0 aliphatic rings. The molecule has 0 amide bonds. The Morgan fingerprint density at radius 3 is 2.59 bits per heavy atom. The third-order valence-electron chi connectivity index (χ3n) is 3.36. The van der Waals surface area contributed by atoms with Crippen LogP contribution in [-0.2, 0) is 19.5 Å². The number of aromatic nitrogens is 2. The molecule has 0 fully saturated rings. The van der Waals surface area contributed by atoms with Crippen LogP contribution < -0.4 is 10.6 Å². The van der Waals surface area contributed by atoms with Crippen molar-refractivity contribution in [2.75, 3.05) is 13.6 Å². The van der Waals surface area contributed by atoms with E-state index in [4.69, 9.17) is 0 Å². The number of aliphatic imine (C=N–C) groups is 1. The number of guanidine groups is 1. The Bertz CT molecular complexity index is 566. The van der Waals surface area contributed by atoms with Gasteiger partial charge in [0.1, 0.15) is 0 Å². The third-order valence-corrected chi connectivity index (χ3v) is 3.36. The Balaban J connectivity index is 0.00000242. The Hall–Kier alpha value is -1.57. The molecule has 0 saturated carbocycles. The maximum atomic E-state index is 4.24. The van der Waals surface area contributed by atoms with Gasteiger partial charge in [-0.1, -0.05) is 31.2 Å². The van der Waals surface area contributed by atoms with E-state index in [0.29, 0.717) is 0 Å². The molecule has 0 unspecified atom stereocenters. The fraction of sp³-hybridized carbons (Fsp3) is 0.375. The summed E-state index contributed by atoms with van der Waals surface area (Å²) >= 11 is 0. The first-order chi connectivity index (χ1) is 10.3. The minimum Gasteiger partial charge on any atom is -0.355 e. The van der Waals surface area contributed by atoms with Gasteiger partial charge in [0.05, 0.1) is 6.54 Å². The van der Waals surface area contributed by atoms with E-state index in [2.05, 4.69) is 51.9 Å². The van der Waals surface area contributed by atoms with Gasteiger partial charge in [-0.25, -0.2) is 0 Å². The molecule has 5 nitrogen and oxygen atoms in total. The molecular formula is C16H24IN5. The summed E-state index contributed by atoms with van der Waals surface area (Å²) in [5.41, 5.74) is 2.69. The van der Waals surface area contributed by atoms with Gasteiger partial charge in [-0.3, -0.25) is 9.67 Å². The molecule has 6 heteroatoms. The maximum Gasteiger partial charge on any atom is 0.191 e. The van der Waals surface area contributed by atoms with E-state index in [1.807, 2.05) is 16.9 Å². The molecule has 0 bridgehead atoms. The summed E-state index contributed by atoms with van der Waals surface area (Å²) in [5.74, 6) is 0.813. The lowest BCUT2D eigenvalue weighted by molar-refractivity contribution is 0.597. The van der Waals surface area contributed by atoms with Gasteiger partial charge in [0.25, 0.3) is 0 Å². The van der Waals surface area contributed by atoms with Crippen LogP contribution in [0.25, 0.3) is 0 Å². The van der Waals surface area contributed by atoms with Crippen molar-refractivity contribution in [2.24, 2.45) is 4.99 Å². The summed E-state index contributed by atoms with van der Waals surface area (Å²) in [7, 11) is 1.79. The Morgan fingerprint density at radius 1 is 1.18 bits per heavy atom. The monoisotopic (exact) mass is 413 g/mol. The SMILES string of the molecule is CCc1ccccc1CNC(=NC)NCCn1cccn1.I. The summed E-state index contributed by atoms with van der Waals surface area (Å²) in [4.78, 5) is 4.24. The minimum atomic E-state index is 0. The van der Waals surface area contributed by atoms with Crippen molar-refractivity contribution in [1.29, 1.82) is 0 Å². The summed E-state index contributed by atoms with van der Waals surface area (Å²) in [6, 6.07) is 10.4. The largest absolute Gasteiger partial charge is 0.355 e. The topological polar surface area (TPSA) is 54.2 Å². The van der Waals surface area contributed by atoms with E-state index in [1.165, 1.54) is 11.1 Å². The number of nitrogens with zero attached hydrogens (tertiary/aromatic N) is 3. The van der Waals surface area contributed by atoms with Crippen molar-refractivity contribution < 1.29 is 0 Å². The summed E-state index contributed by atoms with van der Waals surface area (Å²) in [5, 5.41) is 10.8. The number of halogens is 1. The molecule has 1 aromatic heterocycles. The molecule has 0 radical (unpaired) electrons. The van der Waals surface area contributed by atoms with Gasteiger partial charge in [-0.2, -0.15) is 5.10 Å². The van der Waals surface area contributed by atoms with Crippen LogP contribution in [0.5, 0.6) is 0 Å². The summed E-state index contributed by atoms with van der Waals surface area (Å²) in [6.45, 7) is 4.57. The number of hydrogen-bond acceptors (Lipinski definition) is 2. The van der Waals surface area contributed by atoms with E-state index >= 15 is 0 Å². The van der Waals surface area contributed by atoms with Gasteiger partial charge in [0.15, 0.2) is 5.96 Å². The first-order valence-electron chi connectivity index (χ1n) is 7.32. The lowest BCUT2D eigenvalue weighted by atomic mass is 10.1. The van der Waals surface area contributed by atoms with Gasteiger partial charge in [-0.05, 0) is 23.6 Å². The molecule has 2 N–H and O–H groups in total. The molecule has 22 heavy (non-hydrogen) atoms. The van der Waals surface area contributed by atoms with Gasteiger partial charge in [0.2, 0.25) is 0 Å². The van der Waals surface area contributed by atoms with Crippen LogP contribution >= 0.6 is 24.0 Å². The Labute approximate surface area is 149 Å². The summed E-state index contributed by atoms with van der Waals surface area (Å²) in [6.07, 6.45) is 4.79. The highest BCUT2D eigenvalue weighted by Crippen LogP contribution is 2.08. The lowest BCUT2D eigenvalue weighted by Gasteiger charge is -2.13. The van der Waals surface area contributed by atoms with Crippen molar-refractivity contribution in [2.45, 2.75) is 26.4 Å². The normalized spacial score (nSPS) is 10.9. The molecule has 120 valence electrons. The maximum absolute atomic E-state index is 4.24. The van der Waals surface area contributed by atoms with Crippen molar-refractivity contribution in [3.8, 4) is 0 Å². The predicted octanol–water partition coefficient (Wildman–Crippen LogP) is 2.43. The highest BCUT2D eigenvalue weighted by Gasteiger charge is 2.01. The van der Waals surface area contributed by atoms with Crippen molar-refractivity contribution in [3.63, 3.8) is 0 Å². The van der Waals surface area contributed by atoms with E-state index in [9.17, 15) is 0 Å². The van der Waals surface area contributed by atoms with Crippen LogP contribution in [0.15, 0.2) is 47.7 Å². The Kier molecular flexibility index (Phi) is 8.57. The van der Waals surface area contributed by atoms with Crippen LogP contribution in [0.1, 0.15) is 18.1 Å². The second-order valence-corrected chi connectivity index (χ2v) is 4.74. The van der Waals surface area contributed by atoms with Crippen LogP contribution in [0.2, 0.25) is 0 Å². The molecule has 0 saturated heterocycles. The molecule has 0 atom stereocenters. The Morgan fingerprint density at radius 2 is 1.95 bits per heavy atom. The second-order valence-electron chi connectivity index (χ2n) is 4.74. The van der Waals surface area contributed by atoms with Crippen molar-refractivity contribution in [1.82, 2.24) is 20.4 Å². The van der Waals surface area contributed by atoms with Gasteiger partial charge in [-0.15, -0.1) is 24.0 Å². The number of rotatable bonds is 6. The zero-order valence-electron chi connectivity index (χ0n) is 13.1. The quantitative estimate of drug-likeness (QED) is 0.435. The number of hydrogen-bond donors (Lipinski definition) is 2. The average Bonchev–Trinajstić information content (AvgIpc) is 3.04. The molecule has 1 heterocycles. The van der Waals surface area contributed by atoms with Gasteiger partial charge >= 0.3 is 0 Å².